The SMILES string of the molecule is Cc1ccc(CN(C(=O)CN(c2cc(Cl)ccc2Cl)S(=O)(=O)c2ccc(C)cc2)[C@@H](Cc2ccccc2)C(=O)NCC(C)C)cc1. The third-order valence-electron chi connectivity index (χ3n) is 7.49. The quantitative estimate of drug-likeness (QED) is 0.162. The highest BCUT2D eigenvalue weighted by Gasteiger charge is 2.35. The highest BCUT2D eigenvalue weighted by molar-refractivity contribution is 7.92. The number of halogens is 2. The molecule has 0 radical (unpaired) electrons. The van der Waals surface area contributed by atoms with E-state index in [4.69, 9.17) is 23.2 Å². The van der Waals surface area contributed by atoms with Crippen molar-refractivity contribution in [3.8, 4) is 0 Å². The zero-order valence-corrected chi connectivity index (χ0v) is 28.7. The molecular weight excluding hydrogens is 641 g/mol. The Bertz CT molecular complexity index is 1750. The van der Waals surface area contributed by atoms with Gasteiger partial charge >= 0.3 is 0 Å². The third kappa shape index (κ3) is 9.12. The number of rotatable bonds is 13. The molecule has 4 aromatic carbocycles. The van der Waals surface area contributed by atoms with E-state index in [1.807, 2.05) is 82.3 Å². The molecule has 0 saturated heterocycles. The summed E-state index contributed by atoms with van der Waals surface area (Å²) in [7, 11) is -4.30. The number of hydrogen-bond donors (Lipinski definition) is 1. The Morgan fingerprint density at radius 1 is 0.804 bits per heavy atom. The molecule has 0 fully saturated rings. The first-order valence-electron chi connectivity index (χ1n) is 15.1. The minimum absolute atomic E-state index is 0.0115. The minimum atomic E-state index is -4.30. The second-order valence-corrected chi connectivity index (χ2v) is 14.5. The van der Waals surface area contributed by atoms with Gasteiger partial charge in [0.05, 0.1) is 15.6 Å². The molecule has 0 spiro atoms. The first-order valence-corrected chi connectivity index (χ1v) is 17.3. The highest BCUT2D eigenvalue weighted by Crippen LogP contribution is 2.33. The van der Waals surface area contributed by atoms with Crippen molar-refractivity contribution in [2.75, 3.05) is 17.4 Å². The predicted molar refractivity (Wildman–Crippen MR) is 186 cm³/mol. The molecule has 4 aromatic rings. The summed E-state index contributed by atoms with van der Waals surface area (Å²) < 4.78 is 29.4. The van der Waals surface area contributed by atoms with Crippen molar-refractivity contribution < 1.29 is 18.0 Å². The topological polar surface area (TPSA) is 86.8 Å². The maximum Gasteiger partial charge on any atom is 0.264 e. The molecule has 0 aliphatic carbocycles. The van der Waals surface area contributed by atoms with Crippen molar-refractivity contribution >= 4 is 50.7 Å². The standard InChI is InChI=1S/C36H39Cl2N3O4S/c1-25(2)22-39-36(43)34(20-28-8-6-5-7-9-28)40(23-29-14-10-26(3)11-15-29)35(42)24-41(33-21-30(37)16-19-32(33)38)46(44,45)31-17-12-27(4)13-18-31/h5-19,21,25,34H,20,22-24H2,1-4H3,(H,39,43)/t34-/m0/s1. The Kier molecular flexibility index (Phi) is 11.9. The fraction of sp³-hybridized carbons (Fsp3) is 0.278. The van der Waals surface area contributed by atoms with Crippen LogP contribution in [0.5, 0.6) is 0 Å². The maximum atomic E-state index is 14.6. The molecule has 1 atom stereocenters. The van der Waals surface area contributed by atoms with Gasteiger partial charge in [0.15, 0.2) is 0 Å². The Morgan fingerprint density at radius 3 is 2.02 bits per heavy atom. The van der Waals surface area contributed by atoms with Gasteiger partial charge in [-0.3, -0.25) is 13.9 Å². The van der Waals surface area contributed by atoms with Crippen molar-refractivity contribution in [3.05, 3.63) is 129 Å². The van der Waals surface area contributed by atoms with Crippen LogP contribution in [-0.2, 0) is 32.6 Å². The summed E-state index contributed by atoms with van der Waals surface area (Å²) in [5.74, 6) is -0.720. The lowest BCUT2D eigenvalue weighted by Gasteiger charge is -2.34. The lowest BCUT2D eigenvalue weighted by Crippen LogP contribution is -2.53. The Morgan fingerprint density at radius 2 is 1.41 bits per heavy atom. The van der Waals surface area contributed by atoms with Gasteiger partial charge in [-0.2, -0.15) is 0 Å². The number of benzene rings is 4. The van der Waals surface area contributed by atoms with E-state index >= 15 is 0 Å². The lowest BCUT2D eigenvalue weighted by molar-refractivity contribution is -0.140. The van der Waals surface area contributed by atoms with Gasteiger partial charge in [0.25, 0.3) is 10.0 Å². The number of nitrogens with one attached hydrogen (secondary N) is 1. The molecule has 0 aromatic heterocycles. The van der Waals surface area contributed by atoms with E-state index in [1.165, 1.54) is 29.2 Å². The molecule has 2 amide bonds. The summed E-state index contributed by atoms with van der Waals surface area (Å²) >= 11 is 12.9. The van der Waals surface area contributed by atoms with E-state index in [2.05, 4.69) is 5.32 Å². The van der Waals surface area contributed by atoms with E-state index in [9.17, 15) is 18.0 Å². The van der Waals surface area contributed by atoms with Crippen molar-refractivity contribution in [1.29, 1.82) is 0 Å². The van der Waals surface area contributed by atoms with Crippen LogP contribution in [-0.4, -0.2) is 44.3 Å². The summed E-state index contributed by atoms with van der Waals surface area (Å²) in [6.07, 6.45) is 0.227. The number of aryl methyl sites for hydroxylation is 2. The summed E-state index contributed by atoms with van der Waals surface area (Å²) in [4.78, 5) is 29.9. The number of nitrogens with zero attached hydrogens (tertiary/aromatic N) is 2. The van der Waals surface area contributed by atoms with Gasteiger partial charge in [0, 0.05) is 24.5 Å². The van der Waals surface area contributed by atoms with E-state index in [0.717, 1.165) is 26.6 Å². The molecule has 1 N–H and O–H groups in total. The lowest BCUT2D eigenvalue weighted by atomic mass is 10.0. The third-order valence-corrected chi connectivity index (χ3v) is 9.82. The molecule has 4 rings (SSSR count). The van der Waals surface area contributed by atoms with Crippen molar-refractivity contribution in [2.24, 2.45) is 5.92 Å². The largest absolute Gasteiger partial charge is 0.354 e. The second kappa shape index (κ2) is 15.6. The van der Waals surface area contributed by atoms with Crippen molar-refractivity contribution in [3.63, 3.8) is 0 Å². The molecule has 7 nitrogen and oxygen atoms in total. The monoisotopic (exact) mass is 679 g/mol. The Labute approximate surface area is 282 Å². The van der Waals surface area contributed by atoms with Gasteiger partial charge in [-0.05, 0) is 61.2 Å². The molecule has 0 aliphatic rings. The average molecular weight is 681 g/mol. The van der Waals surface area contributed by atoms with E-state index < -0.39 is 28.5 Å². The number of anilines is 1. The van der Waals surface area contributed by atoms with Crippen LogP contribution in [0.4, 0.5) is 5.69 Å². The molecular formula is C36H39Cl2N3O4S. The van der Waals surface area contributed by atoms with Gasteiger partial charge in [0.2, 0.25) is 11.8 Å². The van der Waals surface area contributed by atoms with Crippen molar-refractivity contribution in [1.82, 2.24) is 10.2 Å². The second-order valence-electron chi connectivity index (χ2n) is 11.8. The fourth-order valence-electron chi connectivity index (χ4n) is 4.89. The zero-order valence-electron chi connectivity index (χ0n) is 26.4. The van der Waals surface area contributed by atoms with Crippen LogP contribution >= 0.6 is 23.2 Å². The van der Waals surface area contributed by atoms with Crippen LogP contribution in [0.15, 0.2) is 102 Å². The molecule has 0 aliphatic heterocycles. The molecule has 10 heteroatoms. The van der Waals surface area contributed by atoms with Gasteiger partial charge in [-0.15, -0.1) is 0 Å². The van der Waals surface area contributed by atoms with E-state index in [0.29, 0.717) is 6.54 Å². The number of carbonyl (C=O) groups excluding carboxylic acids is 2. The summed E-state index contributed by atoms with van der Waals surface area (Å²) in [5.41, 5.74) is 3.63. The number of amides is 2. The van der Waals surface area contributed by atoms with Crippen LogP contribution in [0.1, 0.15) is 36.1 Å². The Hall–Kier alpha value is -3.85. The summed E-state index contributed by atoms with van der Waals surface area (Å²) in [6, 6.07) is 27.0. The van der Waals surface area contributed by atoms with Crippen LogP contribution in [0.3, 0.4) is 0 Å². The molecule has 0 saturated carbocycles. The summed E-state index contributed by atoms with van der Waals surface area (Å²) in [5, 5.41) is 3.35. The van der Waals surface area contributed by atoms with Crippen LogP contribution in [0.2, 0.25) is 10.0 Å². The normalized spacial score (nSPS) is 12.1. The molecule has 0 heterocycles. The summed E-state index contributed by atoms with van der Waals surface area (Å²) in [6.45, 7) is 7.67. The highest BCUT2D eigenvalue weighted by atomic mass is 35.5. The molecule has 46 heavy (non-hydrogen) atoms. The minimum Gasteiger partial charge on any atom is -0.354 e. The first-order chi connectivity index (χ1) is 21.8. The van der Waals surface area contributed by atoms with Gasteiger partial charge in [-0.1, -0.05) is 115 Å². The number of sulfonamides is 1. The average Bonchev–Trinajstić information content (AvgIpc) is 3.03. The molecule has 0 unspecified atom stereocenters. The number of hydrogen-bond acceptors (Lipinski definition) is 4. The van der Waals surface area contributed by atoms with Gasteiger partial charge in [0.1, 0.15) is 12.6 Å². The van der Waals surface area contributed by atoms with Crippen LogP contribution in [0, 0.1) is 19.8 Å². The molecule has 242 valence electrons. The van der Waals surface area contributed by atoms with E-state index in [-0.39, 0.29) is 45.4 Å². The van der Waals surface area contributed by atoms with Gasteiger partial charge in [-0.25, -0.2) is 8.42 Å². The Balaban J connectivity index is 1.82. The zero-order chi connectivity index (χ0) is 33.4. The molecule has 0 bridgehead atoms. The van der Waals surface area contributed by atoms with Crippen LogP contribution in [0.25, 0.3) is 0 Å². The smallest absolute Gasteiger partial charge is 0.264 e. The number of carbonyl (C=O) groups is 2. The van der Waals surface area contributed by atoms with Gasteiger partial charge < -0.3 is 10.2 Å². The van der Waals surface area contributed by atoms with E-state index in [1.54, 1.807) is 18.2 Å². The van der Waals surface area contributed by atoms with Crippen molar-refractivity contribution in [2.45, 2.75) is 51.6 Å². The maximum absolute atomic E-state index is 14.6. The fourth-order valence-corrected chi connectivity index (χ4v) is 6.76. The van der Waals surface area contributed by atoms with Crippen LogP contribution < -0.4 is 9.62 Å². The predicted octanol–water partition coefficient (Wildman–Crippen LogP) is 7.22. The first kappa shape index (κ1) is 35.0.